The molecule has 0 radical (unpaired) electrons. The molecule has 0 spiro atoms. The fraction of sp³-hybridized carbons (Fsp3) is 0.857. The first kappa shape index (κ1) is 24.2. The molecule has 7 nitrogen and oxygen atoms in total. The standard InChI is InChI=1S/C21H39N3O4/c1-15(2)17(23-19(22)24-20(26)28-21(3,4)5)18(25)27-16-13-11-9-7-6-8-10-12-14-16/h15-17H,6-14H2,1-5H3,(H3,22,23,24,26)/t17-/m0/s1. The van der Waals surface area contributed by atoms with E-state index in [4.69, 9.17) is 15.2 Å². The molecule has 1 rings (SSSR count). The van der Waals surface area contributed by atoms with Gasteiger partial charge < -0.3 is 20.5 Å². The highest BCUT2D eigenvalue weighted by Crippen LogP contribution is 2.20. The van der Waals surface area contributed by atoms with Crippen LogP contribution in [0.1, 0.15) is 92.4 Å². The summed E-state index contributed by atoms with van der Waals surface area (Å²) in [5.74, 6) is -0.560. The number of hydrogen-bond acceptors (Lipinski definition) is 4. The van der Waals surface area contributed by atoms with Gasteiger partial charge in [-0.2, -0.15) is 0 Å². The Kier molecular flexibility index (Phi) is 10.3. The molecule has 7 heteroatoms. The fourth-order valence-corrected chi connectivity index (χ4v) is 3.20. The Balaban J connectivity index is 2.67. The number of carbonyl (C=O) groups is 2. The molecule has 1 aliphatic carbocycles. The third kappa shape index (κ3) is 10.5. The number of carbonyl (C=O) groups excluding carboxylic acids is 2. The summed E-state index contributed by atoms with van der Waals surface area (Å²) >= 11 is 0. The number of rotatable bonds is 4. The Morgan fingerprint density at radius 2 is 1.50 bits per heavy atom. The van der Waals surface area contributed by atoms with Crippen LogP contribution in [0.5, 0.6) is 0 Å². The SMILES string of the molecule is CC(C)[C@H](N/C(N)=N\C(=O)OC(C)(C)C)C(=O)OC1CCCCCCCCC1. The van der Waals surface area contributed by atoms with Crippen molar-refractivity contribution in [2.24, 2.45) is 16.6 Å². The van der Waals surface area contributed by atoms with E-state index in [1.807, 2.05) is 13.8 Å². The van der Waals surface area contributed by atoms with Gasteiger partial charge in [-0.1, -0.05) is 46.0 Å². The Morgan fingerprint density at radius 1 is 1.00 bits per heavy atom. The molecule has 0 unspecified atom stereocenters. The molecular weight excluding hydrogens is 358 g/mol. The summed E-state index contributed by atoms with van der Waals surface area (Å²) in [7, 11) is 0. The van der Waals surface area contributed by atoms with Gasteiger partial charge in [0, 0.05) is 0 Å². The first-order valence-electron chi connectivity index (χ1n) is 10.6. The monoisotopic (exact) mass is 397 g/mol. The molecule has 0 aliphatic heterocycles. The van der Waals surface area contributed by atoms with Gasteiger partial charge in [0.25, 0.3) is 0 Å². The minimum absolute atomic E-state index is 0.0577. The average molecular weight is 398 g/mol. The molecule has 28 heavy (non-hydrogen) atoms. The number of amides is 1. The van der Waals surface area contributed by atoms with Gasteiger partial charge in [0.05, 0.1) is 0 Å². The maximum atomic E-state index is 12.7. The van der Waals surface area contributed by atoms with Gasteiger partial charge in [-0.3, -0.25) is 0 Å². The van der Waals surface area contributed by atoms with Crippen molar-refractivity contribution in [3.05, 3.63) is 0 Å². The van der Waals surface area contributed by atoms with E-state index in [1.54, 1.807) is 20.8 Å². The lowest BCUT2D eigenvalue weighted by Crippen LogP contribution is -2.49. The quantitative estimate of drug-likeness (QED) is 0.417. The minimum Gasteiger partial charge on any atom is -0.461 e. The van der Waals surface area contributed by atoms with Crippen LogP contribution >= 0.6 is 0 Å². The van der Waals surface area contributed by atoms with Crippen LogP contribution < -0.4 is 11.1 Å². The molecule has 0 bridgehead atoms. The second kappa shape index (κ2) is 11.9. The molecule has 162 valence electrons. The van der Waals surface area contributed by atoms with Crippen LogP contribution in [0, 0.1) is 5.92 Å². The summed E-state index contributed by atoms with van der Waals surface area (Å²) in [5, 5.41) is 2.83. The molecule has 0 saturated heterocycles. The summed E-state index contributed by atoms with van der Waals surface area (Å²) < 4.78 is 10.9. The summed E-state index contributed by atoms with van der Waals surface area (Å²) in [6.07, 6.45) is 9.32. The highest BCUT2D eigenvalue weighted by Gasteiger charge is 2.27. The zero-order valence-electron chi connectivity index (χ0n) is 18.3. The maximum Gasteiger partial charge on any atom is 0.437 e. The molecule has 1 atom stereocenters. The molecule has 1 saturated carbocycles. The summed E-state index contributed by atoms with van der Waals surface area (Å²) in [6.45, 7) is 9.03. The van der Waals surface area contributed by atoms with Gasteiger partial charge in [0.2, 0.25) is 5.96 Å². The van der Waals surface area contributed by atoms with Crippen molar-refractivity contribution in [1.82, 2.24) is 5.32 Å². The van der Waals surface area contributed by atoms with Crippen molar-refractivity contribution in [3.63, 3.8) is 0 Å². The molecule has 0 aromatic heterocycles. The number of nitrogens with zero attached hydrogens (tertiary/aromatic N) is 1. The summed E-state index contributed by atoms with van der Waals surface area (Å²) in [5.41, 5.74) is 5.16. The predicted molar refractivity (Wildman–Crippen MR) is 111 cm³/mol. The van der Waals surface area contributed by atoms with Gasteiger partial charge >= 0.3 is 12.1 Å². The van der Waals surface area contributed by atoms with E-state index in [2.05, 4.69) is 10.3 Å². The minimum atomic E-state index is -0.791. The van der Waals surface area contributed by atoms with Crippen LogP contribution in [0.2, 0.25) is 0 Å². The number of nitrogens with two attached hydrogens (primary N) is 1. The topological polar surface area (TPSA) is 103 Å². The number of ether oxygens (including phenoxy) is 2. The van der Waals surface area contributed by atoms with Crippen molar-refractivity contribution in [2.75, 3.05) is 0 Å². The van der Waals surface area contributed by atoms with E-state index in [0.29, 0.717) is 0 Å². The van der Waals surface area contributed by atoms with Crippen LogP contribution in [0.25, 0.3) is 0 Å². The molecule has 1 aliphatic rings. The van der Waals surface area contributed by atoms with Crippen LogP contribution in [0.3, 0.4) is 0 Å². The third-order valence-corrected chi connectivity index (χ3v) is 4.66. The molecule has 0 aromatic carbocycles. The highest BCUT2D eigenvalue weighted by atomic mass is 16.6. The molecule has 0 heterocycles. The van der Waals surface area contributed by atoms with Crippen LogP contribution in [-0.2, 0) is 14.3 Å². The number of guanidine groups is 1. The van der Waals surface area contributed by atoms with Crippen molar-refractivity contribution in [3.8, 4) is 0 Å². The molecule has 0 aromatic rings. The van der Waals surface area contributed by atoms with Gasteiger partial charge in [-0.15, -0.1) is 4.99 Å². The lowest BCUT2D eigenvalue weighted by Gasteiger charge is -2.25. The van der Waals surface area contributed by atoms with E-state index < -0.39 is 17.7 Å². The first-order chi connectivity index (χ1) is 13.1. The normalized spacial score (nSPS) is 19.0. The number of hydrogen-bond donors (Lipinski definition) is 2. The summed E-state index contributed by atoms with van der Waals surface area (Å²) in [4.78, 5) is 28.2. The van der Waals surface area contributed by atoms with E-state index in [9.17, 15) is 9.59 Å². The van der Waals surface area contributed by atoms with Gasteiger partial charge in [0.1, 0.15) is 17.7 Å². The van der Waals surface area contributed by atoms with Crippen LogP contribution in [-0.4, -0.2) is 35.8 Å². The van der Waals surface area contributed by atoms with E-state index in [1.165, 1.54) is 32.1 Å². The van der Waals surface area contributed by atoms with Crippen molar-refractivity contribution in [1.29, 1.82) is 0 Å². The zero-order chi connectivity index (χ0) is 21.2. The average Bonchev–Trinajstić information content (AvgIpc) is 2.56. The zero-order valence-corrected chi connectivity index (χ0v) is 18.3. The van der Waals surface area contributed by atoms with Crippen LogP contribution in [0.15, 0.2) is 4.99 Å². The fourth-order valence-electron chi connectivity index (χ4n) is 3.20. The Bertz CT molecular complexity index is 516. The first-order valence-corrected chi connectivity index (χ1v) is 10.6. The smallest absolute Gasteiger partial charge is 0.437 e. The lowest BCUT2D eigenvalue weighted by atomic mass is 9.98. The van der Waals surface area contributed by atoms with E-state index in [0.717, 1.165) is 25.7 Å². The van der Waals surface area contributed by atoms with E-state index >= 15 is 0 Å². The van der Waals surface area contributed by atoms with Gasteiger partial charge in [-0.25, -0.2) is 9.59 Å². The van der Waals surface area contributed by atoms with Gasteiger partial charge in [-0.05, 0) is 52.4 Å². The van der Waals surface area contributed by atoms with E-state index in [-0.39, 0.29) is 24.0 Å². The van der Waals surface area contributed by atoms with Crippen molar-refractivity contribution >= 4 is 18.0 Å². The number of esters is 1. The lowest BCUT2D eigenvalue weighted by molar-refractivity contribution is -0.153. The van der Waals surface area contributed by atoms with Crippen molar-refractivity contribution < 1.29 is 19.1 Å². The molecule has 1 amide bonds. The Morgan fingerprint density at radius 3 is 1.96 bits per heavy atom. The maximum absolute atomic E-state index is 12.7. The second-order valence-electron chi connectivity index (χ2n) is 8.95. The molecule has 1 fully saturated rings. The Labute approximate surface area is 169 Å². The number of aliphatic imine (C=N–C) groups is 1. The third-order valence-electron chi connectivity index (χ3n) is 4.66. The number of nitrogens with one attached hydrogen (secondary N) is 1. The highest BCUT2D eigenvalue weighted by molar-refractivity contribution is 5.92. The van der Waals surface area contributed by atoms with Crippen LogP contribution in [0.4, 0.5) is 4.79 Å². The van der Waals surface area contributed by atoms with Gasteiger partial charge in [0.15, 0.2) is 0 Å². The molecule has 3 N–H and O–H groups in total. The summed E-state index contributed by atoms with van der Waals surface area (Å²) in [6, 6.07) is -0.665. The van der Waals surface area contributed by atoms with Crippen molar-refractivity contribution in [2.45, 2.75) is 110 Å². The molecular formula is C21H39N3O4. The predicted octanol–water partition coefficient (Wildman–Crippen LogP) is 4.29. The Hall–Kier alpha value is -1.79. The second-order valence-corrected chi connectivity index (χ2v) is 8.95. The largest absolute Gasteiger partial charge is 0.461 e.